The first-order valence-corrected chi connectivity index (χ1v) is 4.09. The number of hydrogen-bond acceptors (Lipinski definition) is 4. The van der Waals surface area contributed by atoms with Crippen molar-refractivity contribution in [2.45, 2.75) is 12.5 Å². The van der Waals surface area contributed by atoms with E-state index in [0.29, 0.717) is 0 Å². The number of alkyl halides is 6. The zero-order valence-corrected chi connectivity index (χ0v) is 8.34. The van der Waals surface area contributed by atoms with E-state index in [1.807, 2.05) is 0 Å². The smallest absolute Gasteiger partial charge is 0.364 e. The van der Waals surface area contributed by atoms with E-state index in [-0.39, 0.29) is 6.07 Å². The summed E-state index contributed by atoms with van der Waals surface area (Å²) in [4.78, 5) is 11.1. The summed E-state index contributed by atoms with van der Waals surface area (Å²) in [5.41, 5.74) is -2.28. The monoisotopic (exact) mass is 294 g/mol. The van der Waals surface area contributed by atoms with Gasteiger partial charge < -0.3 is 14.9 Å². The first-order valence-electron chi connectivity index (χ1n) is 4.09. The summed E-state index contributed by atoms with van der Waals surface area (Å²) in [6.07, 6.45) is -11.0. The molecule has 0 aliphatic rings. The summed E-state index contributed by atoms with van der Waals surface area (Å²) in [7, 11) is 0. The molecule has 0 unspecified atom stereocenters. The maximum Gasteiger partial charge on any atom is 0.575 e. The van der Waals surface area contributed by atoms with Crippen molar-refractivity contribution in [3.05, 3.63) is 27.6 Å². The van der Waals surface area contributed by atoms with E-state index in [1.54, 1.807) is 0 Å². The van der Waals surface area contributed by atoms with Gasteiger partial charge in [-0.3, -0.25) is 0 Å². The number of ether oxygens (including phenoxy) is 1. The van der Waals surface area contributed by atoms with E-state index in [4.69, 9.17) is 0 Å². The van der Waals surface area contributed by atoms with Crippen LogP contribution < -0.4 is 4.74 Å². The van der Waals surface area contributed by atoms with Crippen molar-refractivity contribution < 1.29 is 40.4 Å². The summed E-state index contributed by atoms with van der Waals surface area (Å²) < 4.78 is 88.2. The average Bonchev–Trinajstić information content (AvgIpc) is 2.16. The molecule has 0 amide bonds. The van der Waals surface area contributed by atoms with E-state index in [1.165, 1.54) is 0 Å². The second-order valence-corrected chi connectivity index (χ2v) is 2.95. The first kappa shape index (κ1) is 14.9. The number of pyridine rings is 1. The minimum Gasteiger partial charge on any atom is -0.364 e. The number of nitro groups is 1. The Balaban J connectivity index is 3.46. The lowest BCUT2D eigenvalue weighted by atomic mass is 10.2. The van der Waals surface area contributed by atoms with Gasteiger partial charge in [-0.05, 0) is 4.92 Å². The second kappa shape index (κ2) is 4.51. The molecule has 1 aromatic rings. The Labute approximate surface area is 98.3 Å². The third-order valence-corrected chi connectivity index (χ3v) is 1.62. The van der Waals surface area contributed by atoms with Gasteiger partial charge in [-0.2, -0.15) is 17.6 Å². The molecule has 0 aromatic carbocycles. The normalized spacial score (nSPS) is 12.4. The number of rotatable bonds is 2. The molecule has 0 fully saturated rings. The van der Waals surface area contributed by atoms with Crippen molar-refractivity contribution in [2.75, 3.05) is 0 Å². The fourth-order valence-corrected chi connectivity index (χ4v) is 0.970. The highest BCUT2D eigenvalue weighted by Crippen LogP contribution is 2.37. The maximum atomic E-state index is 13.1. The van der Waals surface area contributed by atoms with Gasteiger partial charge in [0.15, 0.2) is 0 Å². The minimum absolute atomic E-state index is 0.335. The molecule has 19 heavy (non-hydrogen) atoms. The van der Waals surface area contributed by atoms with Crippen LogP contribution in [0.1, 0.15) is 5.56 Å². The van der Waals surface area contributed by atoms with Crippen molar-refractivity contribution in [1.82, 2.24) is 4.98 Å². The molecule has 0 aliphatic heterocycles. The predicted molar refractivity (Wildman–Crippen MR) is 42.5 cm³/mol. The second-order valence-electron chi connectivity index (χ2n) is 2.95. The molecule has 0 bridgehead atoms. The molecule has 0 spiro atoms. The van der Waals surface area contributed by atoms with Gasteiger partial charge in [0, 0.05) is 4.98 Å². The van der Waals surface area contributed by atoms with E-state index in [9.17, 15) is 40.8 Å². The van der Waals surface area contributed by atoms with Crippen LogP contribution in [0.3, 0.4) is 0 Å². The highest BCUT2D eigenvalue weighted by Gasteiger charge is 2.43. The van der Waals surface area contributed by atoms with Crippen LogP contribution in [0.4, 0.5) is 36.6 Å². The van der Waals surface area contributed by atoms with Crippen LogP contribution in [0.2, 0.25) is 0 Å². The zero-order chi connectivity index (χ0) is 15.0. The van der Waals surface area contributed by atoms with Crippen molar-refractivity contribution in [2.24, 2.45) is 0 Å². The van der Waals surface area contributed by atoms with Gasteiger partial charge >= 0.3 is 24.2 Å². The molecular formula is C7HF7N2O3. The van der Waals surface area contributed by atoms with Crippen LogP contribution in [0.5, 0.6) is 5.88 Å². The van der Waals surface area contributed by atoms with Gasteiger partial charge in [-0.1, -0.05) is 0 Å². The van der Waals surface area contributed by atoms with E-state index in [2.05, 4.69) is 9.72 Å². The number of aromatic nitrogens is 1. The lowest BCUT2D eigenvalue weighted by molar-refractivity contribution is -0.390. The Bertz CT molecular complexity index is 511. The summed E-state index contributed by atoms with van der Waals surface area (Å²) in [5, 5.41) is 10.2. The highest BCUT2D eigenvalue weighted by molar-refractivity contribution is 5.36. The van der Waals surface area contributed by atoms with E-state index >= 15 is 0 Å². The molecule has 1 aromatic heterocycles. The third kappa shape index (κ3) is 3.66. The first-order chi connectivity index (χ1) is 8.42. The number of halogens is 7. The zero-order valence-electron chi connectivity index (χ0n) is 8.34. The maximum absolute atomic E-state index is 13.1. The average molecular weight is 294 g/mol. The summed E-state index contributed by atoms with van der Waals surface area (Å²) in [5.74, 6) is -6.29. The van der Waals surface area contributed by atoms with Crippen LogP contribution in [-0.2, 0) is 6.18 Å². The van der Waals surface area contributed by atoms with Gasteiger partial charge in [0.25, 0.3) is 0 Å². The summed E-state index contributed by atoms with van der Waals surface area (Å²) in [6.45, 7) is 0. The van der Waals surface area contributed by atoms with E-state index < -0.39 is 40.5 Å². The Morgan fingerprint density at radius 1 is 1.21 bits per heavy atom. The Kier molecular flexibility index (Phi) is 3.54. The van der Waals surface area contributed by atoms with Crippen LogP contribution in [-0.4, -0.2) is 16.3 Å². The Morgan fingerprint density at radius 2 is 1.74 bits per heavy atom. The molecule has 0 saturated carbocycles. The molecule has 5 nitrogen and oxygen atoms in total. The Hall–Kier alpha value is -2.14. The fraction of sp³-hybridized carbons (Fsp3) is 0.286. The topological polar surface area (TPSA) is 65.3 Å². The highest BCUT2D eigenvalue weighted by atomic mass is 19.4. The van der Waals surface area contributed by atoms with Gasteiger partial charge in [-0.25, -0.2) is 0 Å². The quantitative estimate of drug-likeness (QED) is 0.477. The molecular weight excluding hydrogens is 293 g/mol. The van der Waals surface area contributed by atoms with Gasteiger partial charge in [0.2, 0.25) is 5.82 Å². The SMILES string of the molecule is O=[N+]([O-])c1cc(C(F)(F)F)c(F)c(OC(F)(F)F)n1. The van der Waals surface area contributed by atoms with E-state index in [0.717, 1.165) is 0 Å². The van der Waals surface area contributed by atoms with Gasteiger partial charge in [0.05, 0.1) is 6.07 Å². The molecule has 1 heterocycles. The lowest BCUT2D eigenvalue weighted by Crippen LogP contribution is -2.21. The molecule has 12 heteroatoms. The molecule has 1 rings (SSSR count). The van der Waals surface area contributed by atoms with Crippen molar-refractivity contribution in [3.63, 3.8) is 0 Å². The van der Waals surface area contributed by atoms with Crippen LogP contribution in [0.25, 0.3) is 0 Å². The standard InChI is InChI=1S/C7HF7N2O3/c8-4-2(6(9,10)11)1-3(16(17)18)15-5(4)19-7(12,13)14/h1H. The molecule has 0 saturated heterocycles. The molecule has 0 radical (unpaired) electrons. The van der Waals surface area contributed by atoms with Crippen molar-refractivity contribution in [1.29, 1.82) is 0 Å². The van der Waals surface area contributed by atoms with Crippen LogP contribution in [0.15, 0.2) is 6.07 Å². The van der Waals surface area contributed by atoms with Gasteiger partial charge in [0.1, 0.15) is 5.56 Å². The van der Waals surface area contributed by atoms with Crippen LogP contribution in [0, 0.1) is 15.9 Å². The summed E-state index contributed by atoms with van der Waals surface area (Å²) >= 11 is 0. The van der Waals surface area contributed by atoms with Crippen LogP contribution >= 0.6 is 0 Å². The Morgan fingerprint density at radius 3 is 2.11 bits per heavy atom. The fourth-order valence-electron chi connectivity index (χ4n) is 0.970. The molecule has 0 N–H and O–H groups in total. The van der Waals surface area contributed by atoms with Gasteiger partial charge in [-0.15, -0.1) is 13.2 Å². The largest absolute Gasteiger partial charge is 0.575 e. The molecule has 106 valence electrons. The predicted octanol–water partition coefficient (Wildman–Crippen LogP) is 3.05. The van der Waals surface area contributed by atoms with Crippen molar-refractivity contribution >= 4 is 5.82 Å². The molecule has 0 aliphatic carbocycles. The number of hydrogen-bond donors (Lipinski definition) is 0. The minimum atomic E-state index is -5.55. The molecule has 0 atom stereocenters. The van der Waals surface area contributed by atoms with Crippen molar-refractivity contribution in [3.8, 4) is 5.88 Å². The summed E-state index contributed by atoms with van der Waals surface area (Å²) in [6, 6.07) is -0.335. The lowest BCUT2D eigenvalue weighted by Gasteiger charge is -2.10. The third-order valence-electron chi connectivity index (χ3n) is 1.62. The number of nitrogens with zero attached hydrogens (tertiary/aromatic N) is 2.